The fourth-order valence-corrected chi connectivity index (χ4v) is 2.86. The number of rotatable bonds is 4. The van der Waals surface area contributed by atoms with Gasteiger partial charge in [-0.25, -0.2) is 14.6 Å². The van der Waals surface area contributed by atoms with Gasteiger partial charge < -0.3 is 10.1 Å². The van der Waals surface area contributed by atoms with Gasteiger partial charge in [-0.3, -0.25) is 4.79 Å². The van der Waals surface area contributed by atoms with Crippen LogP contribution < -0.4 is 10.1 Å². The molecule has 0 saturated carbocycles. The Labute approximate surface area is 159 Å². The molecule has 0 radical (unpaired) electrons. The Bertz CT molecular complexity index is 1130. The van der Waals surface area contributed by atoms with E-state index in [4.69, 9.17) is 16.3 Å². The van der Waals surface area contributed by atoms with E-state index < -0.39 is 0 Å². The summed E-state index contributed by atoms with van der Waals surface area (Å²) in [5.74, 6) is 0.384. The van der Waals surface area contributed by atoms with Gasteiger partial charge in [-0.2, -0.15) is 5.10 Å². The van der Waals surface area contributed by atoms with E-state index in [1.165, 1.54) is 6.33 Å². The monoisotopic (exact) mass is 379 g/mol. The Morgan fingerprint density at radius 3 is 2.81 bits per heavy atom. The van der Waals surface area contributed by atoms with Crippen LogP contribution in [-0.2, 0) is 0 Å². The standard InChI is InChI=1S/C19H14ClN5O2/c1-27-14-4-6-15-12(8-14)2-5-16(23-15)19(26)24-17-9-13(20)3-7-18(17)25-11-21-10-22-25/h2-11H,1H3,(H,24,26). The molecule has 0 saturated heterocycles. The zero-order valence-electron chi connectivity index (χ0n) is 14.3. The van der Waals surface area contributed by atoms with Gasteiger partial charge in [-0.05, 0) is 42.5 Å². The van der Waals surface area contributed by atoms with E-state index in [0.29, 0.717) is 21.9 Å². The van der Waals surface area contributed by atoms with E-state index in [9.17, 15) is 4.79 Å². The molecular weight excluding hydrogens is 366 g/mol. The van der Waals surface area contributed by atoms with Crippen molar-refractivity contribution in [1.29, 1.82) is 0 Å². The minimum Gasteiger partial charge on any atom is -0.497 e. The maximum atomic E-state index is 12.7. The molecular formula is C19H14ClN5O2. The number of hydrogen-bond donors (Lipinski definition) is 1. The van der Waals surface area contributed by atoms with Gasteiger partial charge in [0.2, 0.25) is 0 Å². The van der Waals surface area contributed by atoms with Gasteiger partial charge in [-0.15, -0.1) is 0 Å². The summed E-state index contributed by atoms with van der Waals surface area (Å²) in [4.78, 5) is 21.1. The van der Waals surface area contributed by atoms with Crippen LogP contribution in [0.4, 0.5) is 5.69 Å². The van der Waals surface area contributed by atoms with Gasteiger partial charge in [0.05, 0.1) is 24.0 Å². The lowest BCUT2D eigenvalue weighted by Crippen LogP contribution is -2.15. The third kappa shape index (κ3) is 3.45. The van der Waals surface area contributed by atoms with E-state index in [2.05, 4.69) is 20.4 Å². The predicted octanol–water partition coefficient (Wildman–Crippen LogP) is 3.73. The van der Waals surface area contributed by atoms with Gasteiger partial charge in [0, 0.05) is 10.4 Å². The number of hydrogen-bond acceptors (Lipinski definition) is 5. The summed E-state index contributed by atoms with van der Waals surface area (Å²) in [6.07, 6.45) is 2.96. The molecule has 0 unspecified atom stereocenters. The molecule has 0 aliphatic heterocycles. The second kappa shape index (κ2) is 7.05. The summed E-state index contributed by atoms with van der Waals surface area (Å²) in [6, 6.07) is 14.1. The number of benzene rings is 2. The normalized spacial score (nSPS) is 10.7. The van der Waals surface area contributed by atoms with Gasteiger partial charge in [0.1, 0.15) is 24.1 Å². The second-order valence-electron chi connectivity index (χ2n) is 5.71. The van der Waals surface area contributed by atoms with Crippen molar-refractivity contribution in [1.82, 2.24) is 19.7 Å². The molecule has 0 atom stereocenters. The van der Waals surface area contributed by atoms with E-state index in [1.54, 1.807) is 48.5 Å². The predicted molar refractivity (Wildman–Crippen MR) is 103 cm³/mol. The topological polar surface area (TPSA) is 81.9 Å². The van der Waals surface area contributed by atoms with Gasteiger partial charge in [0.15, 0.2) is 0 Å². The molecule has 0 aliphatic carbocycles. The third-order valence-corrected chi connectivity index (χ3v) is 4.24. The zero-order chi connectivity index (χ0) is 18.8. The second-order valence-corrected chi connectivity index (χ2v) is 6.15. The van der Waals surface area contributed by atoms with Crippen molar-refractivity contribution in [2.45, 2.75) is 0 Å². The quantitative estimate of drug-likeness (QED) is 0.584. The number of carbonyl (C=O) groups is 1. The zero-order valence-corrected chi connectivity index (χ0v) is 15.0. The van der Waals surface area contributed by atoms with Crippen LogP contribution in [-0.4, -0.2) is 32.8 Å². The first kappa shape index (κ1) is 17.0. The van der Waals surface area contributed by atoms with Crippen LogP contribution in [0.2, 0.25) is 5.02 Å². The van der Waals surface area contributed by atoms with Crippen LogP contribution in [0, 0.1) is 0 Å². The molecule has 2 heterocycles. The lowest BCUT2D eigenvalue weighted by Gasteiger charge is -2.11. The number of anilines is 1. The van der Waals surface area contributed by atoms with Crippen molar-refractivity contribution in [3.8, 4) is 11.4 Å². The number of pyridine rings is 1. The maximum absolute atomic E-state index is 12.7. The molecule has 4 aromatic rings. The lowest BCUT2D eigenvalue weighted by atomic mass is 10.2. The number of halogens is 1. The Hall–Kier alpha value is -3.45. The fraction of sp³-hybridized carbons (Fsp3) is 0.0526. The van der Waals surface area contributed by atoms with Crippen LogP contribution in [0.1, 0.15) is 10.5 Å². The highest BCUT2D eigenvalue weighted by atomic mass is 35.5. The van der Waals surface area contributed by atoms with Gasteiger partial charge in [-0.1, -0.05) is 17.7 Å². The van der Waals surface area contributed by atoms with E-state index in [-0.39, 0.29) is 11.6 Å². The molecule has 0 bridgehead atoms. The highest BCUT2D eigenvalue weighted by Gasteiger charge is 2.13. The van der Waals surface area contributed by atoms with Crippen molar-refractivity contribution >= 4 is 34.1 Å². The van der Waals surface area contributed by atoms with Crippen molar-refractivity contribution in [3.05, 3.63) is 71.9 Å². The van der Waals surface area contributed by atoms with Gasteiger partial charge >= 0.3 is 0 Å². The number of nitrogens with one attached hydrogen (secondary N) is 1. The average molecular weight is 380 g/mol. The van der Waals surface area contributed by atoms with Crippen molar-refractivity contribution in [2.75, 3.05) is 12.4 Å². The first-order chi connectivity index (χ1) is 13.1. The minimum atomic E-state index is -0.351. The Morgan fingerprint density at radius 2 is 2.04 bits per heavy atom. The maximum Gasteiger partial charge on any atom is 0.274 e. The number of fused-ring (bicyclic) bond motifs is 1. The number of methoxy groups -OCH3 is 1. The number of ether oxygens (including phenoxy) is 1. The number of aromatic nitrogens is 4. The van der Waals surface area contributed by atoms with Crippen molar-refractivity contribution in [3.63, 3.8) is 0 Å². The highest BCUT2D eigenvalue weighted by molar-refractivity contribution is 6.31. The summed E-state index contributed by atoms with van der Waals surface area (Å²) in [5, 5.41) is 8.32. The SMILES string of the molecule is COc1ccc2nc(C(=O)Nc3cc(Cl)ccc3-n3cncn3)ccc2c1. The first-order valence-corrected chi connectivity index (χ1v) is 8.42. The average Bonchev–Trinajstić information content (AvgIpc) is 3.21. The van der Waals surface area contributed by atoms with Crippen LogP contribution in [0.25, 0.3) is 16.6 Å². The third-order valence-electron chi connectivity index (χ3n) is 4.00. The Morgan fingerprint density at radius 1 is 1.15 bits per heavy atom. The van der Waals surface area contributed by atoms with Crippen molar-refractivity contribution < 1.29 is 9.53 Å². The molecule has 2 aromatic heterocycles. The molecule has 0 aliphatic rings. The molecule has 0 fully saturated rings. The summed E-state index contributed by atoms with van der Waals surface area (Å²) in [6.45, 7) is 0. The van der Waals surface area contributed by atoms with Crippen LogP contribution in [0.3, 0.4) is 0 Å². The van der Waals surface area contributed by atoms with E-state index >= 15 is 0 Å². The number of nitrogens with zero attached hydrogens (tertiary/aromatic N) is 4. The summed E-state index contributed by atoms with van der Waals surface area (Å²) in [7, 11) is 1.61. The van der Waals surface area contributed by atoms with E-state index in [0.717, 1.165) is 11.1 Å². The van der Waals surface area contributed by atoms with Crippen molar-refractivity contribution in [2.24, 2.45) is 0 Å². The molecule has 0 spiro atoms. The molecule has 4 rings (SSSR count). The highest BCUT2D eigenvalue weighted by Crippen LogP contribution is 2.25. The lowest BCUT2D eigenvalue weighted by molar-refractivity contribution is 0.102. The molecule has 2 aromatic carbocycles. The van der Waals surface area contributed by atoms with Crippen LogP contribution in [0.15, 0.2) is 61.2 Å². The van der Waals surface area contributed by atoms with Crippen LogP contribution in [0.5, 0.6) is 5.75 Å². The number of amides is 1. The summed E-state index contributed by atoms with van der Waals surface area (Å²) >= 11 is 6.09. The van der Waals surface area contributed by atoms with Gasteiger partial charge in [0.25, 0.3) is 5.91 Å². The summed E-state index contributed by atoms with van der Waals surface area (Å²) in [5.41, 5.74) is 2.15. The molecule has 7 nitrogen and oxygen atoms in total. The Kier molecular flexibility index (Phi) is 4.43. The molecule has 27 heavy (non-hydrogen) atoms. The number of carbonyl (C=O) groups excluding carboxylic acids is 1. The largest absolute Gasteiger partial charge is 0.497 e. The minimum absolute atomic E-state index is 0.289. The Balaban J connectivity index is 1.66. The smallest absolute Gasteiger partial charge is 0.274 e. The molecule has 134 valence electrons. The van der Waals surface area contributed by atoms with E-state index in [1.807, 2.05) is 18.2 Å². The molecule has 1 amide bonds. The van der Waals surface area contributed by atoms with Crippen LogP contribution >= 0.6 is 11.6 Å². The molecule has 1 N–H and O–H groups in total. The first-order valence-electron chi connectivity index (χ1n) is 8.05. The fourth-order valence-electron chi connectivity index (χ4n) is 2.68. The summed E-state index contributed by atoms with van der Waals surface area (Å²) < 4.78 is 6.75. The molecule has 8 heteroatoms.